The van der Waals surface area contributed by atoms with Crippen LogP contribution in [0.3, 0.4) is 0 Å². The number of nitrogens with zero attached hydrogens (tertiary/aromatic N) is 1. The van der Waals surface area contributed by atoms with E-state index in [0.717, 1.165) is 31.4 Å². The first-order valence-corrected chi connectivity index (χ1v) is 8.10. The van der Waals surface area contributed by atoms with Crippen LogP contribution in [0.4, 0.5) is 14.5 Å². The maximum absolute atomic E-state index is 13.5. The fourth-order valence-electron chi connectivity index (χ4n) is 2.49. The first-order chi connectivity index (χ1) is 11.9. The normalized spacial score (nSPS) is 16.1. The number of nitrogens with one attached hydrogen (secondary N) is 1. The van der Waals surface area contributed by atoms with Gasteiger partial charge in [-0.25, -0.2) is 8.78 Å². The SMILES string of the molecule is C[C@@H](OC(=O)CN1CCCCCC1=O)C(=O)Nc1c(F)cccc1F. The standard InChI is InChI=1S/C17H20F2N2O4/c1-11(17(24)20-16-12(18)6-5-7-13(16)19)25-15(23)10-21-9-4-2-3-8-14(21)22/h5-7,11H,2-4,8-10H2,1H3,(H,20,24)/t11-/m1/s1. The lowest BCUT2D eigenvalue weighted by molar-refractivity contribution is -0.156. The lowest BCUT2D eigenvalue weighted by atomic mass is 10.2. The Bertz CT molecular complexity index is 646. The molecule has 1 aromatic carbocycles. The number of halogens is 2. The Labute approximate surface area is 144 Å². The van der Waals surface area contributed by atoms with Gasteiger partial charge in [0.15, 0.2) is 6.10 Å². The van der Waals surface area contributed by atoms with Crippen molar-refractivity contribution in [2.45, 2.75) is 38.7 Å². The summed E-state index contributed by atoms with van der Waals surface area (Å²) in [6.07, 6.45) is 1.65. The van der Waals surface area contributed by atoms with Gasteiger partial charge in [-0.2, -0.15) is 0 Å². The summed E-state index contributed by atoms with van der Waals surface area (Å²) in [6, 6.07) is 3.17. The van der Waals surface area contributed by atoms with E-state index in [1.807, 2.05) is 0 Å². The fraction of sp³-hybridized carbons (Fsp3) is 0.471. The number of hydrogen-bond acceptors (Lipinski definition) is 4. The summed E-state index contributed by atoms with van der Waals surface area (Å²) >= 11 is 0. The van der Waals surface area contributed by atoms with E-state index in [4.69, 9.17) is 4.74 Å². The molecule has 0 radical (unpaired) electrons. The van der Waals surface area contributed by atoms with E-state index in [9.17, 15) is 23.2 Å². The number of carbonyl (C=O) groups excluding carboxylic acids is 3. The largest absolute Gasteiger partial charge is 0.451 e. The molecule has 136 valence electrons. The van der Waals surface area contributed by atoms with Gasteiger partial charge in [0.25, 0.3) is 5.91 Å². The van der Waals surface area contributed by atoms with Gasteiger partial charge in [0.05, 0.1) is 0 Å². The average Bonchev–Trinajstić information content (AvgIpc) is 2.75. The third-order valence-corrected chi connectivity index (χ3v) is 3.88. The van der Waals surface area contributed by atoms with Crippen molar-refractivity contribution in [2.75, 3.05) is 18.4 Å². The molecule has 25 heavy (non-hydrogen) atoms. The highest BCUT2D eigenvalue weighted by Gasteiger charge is 2.24. The van der Waals surface area contributed by atoms with E-state index in [2.05, 4.69) is 5.32 Å². The van der Waals surface area contributed by atoms with Gasteiger partial charge in [-0.1, -0.05) is 12.5 Å². The highest BCUT2D eigenvalue weighted by Crippen LogP contribution is 2.18. The second kappa shape index (κ2) is 8.55. The number of likely N-dealkylation sites (tertiary alicyclic amines) is 1. The highest BCUT2D eigenvalue weighted by atomic mass is 19.1. The van der Waals surface area contributed by atoms with Crippen LogP contribution in [0.2, 0.25) is 0 Å². The summed E-state index contributed by atoms with van der Waals surface area (Å²) in [6.45, 7) is 1.51. The first-order valence-electron chi connectivity index (χ1n) is 8.10. The smallest absolute Gasteiger partial charge is 0.326 e. The van der Waals surface area contributed by atoms with E-state index in [-0.39, 0.29) is 12.5 Å². The molecule has 1 atom stereocenters. The van der Waals surface area contributed by atoms with Gasteiger partial charge in [0.1, 0.15) is 23.9 Å². The molecular weight excluding hydrogens is 334 g/mol. The van der Waals surface area contributed by atoms with Crippen molar-refractivity contribution >= 4 is 23.5 Å². The molecule has 0 unspecified atom stereocenters. The van der Waals surface area contributed by atoms with Crippen LogP contribution in [0.15, 0.2) is 18.2 Å². The molecule has 1 aliphatic rings. The lowest BCUT2D eigenvalue weighted by Crippen LogP contribution is -2.39. The molecule has 0 spiro atoms. The number of esters is 1. The van der Waals surface area contributed by atoms with Crippen LogP contribution < -0.4 is 5.32 Å². The van der Waals surface area contributed by atoms with Crippen LogP contribution >= 0.6 is 0 Å². The minimum atomic E-state index is -1.26. The second-order valence-electron chi connectivity index (χ2n) is 5.84. The number of hydrogen-bond donors (Lipinski definition) is 1. The van der Waals surface area contributed by atoms with E-state index < -0.39 is 35.3 Å². The molecule has 1 N–H and O–H groups in total. The highest BCUT2D eigenvalue weighted by molar-refractivity contribution is 5.95. The van der Waals surface area contributed by atoms with Gasteiger partial charge in [0.2, 0.25) is 5.91 Å². The predicted octanol–water partition coefficient (Wildman–Crippen LogP) is 2.24. The molecule has 1 heterocycles. The molecule has 1 saturated heterocycles. The third-order valence-electron chi connectivity index (χ3n) is 3.88. The van der Waals surface area contributed by atoms with E-state index in [1.54, 1.807) is 0 Å². The van der Waals surface area contributed by atoms with E-state index in [1.165, 1.54) is 17.9 Å². The Morgan fingerprint density at radius 2 is 1.92 bits per heavy atom. The number of carbonyl (C=O) groups is 3. The topological polar surface area (TPSA) is 75.7 Å². The molecule has 0 aliphatic carbocycles. The molecule has 0 saturated carbocycles. The monoisotopic (exact) mass is 354 g/mol. The minimum Gasteiger partial charge on any atom is -0.451 e. The number of para-hydroxylation sites is 1. The van der Waals surface area contributed by atoms with Gasteiger partial charge in [-0.15, -0.1) is 0 Å². The van der Waals surface area contributed by atoms with Crippen LogP contribution in [0.25, 0.3) is 0 Å². The Balaban J connectivity index is 1.89. The molecule has 1 fully saturated rings. The number of benzene rings is 1. The van der Waals surface area contributed by atoms with E-state index >= 15 is 0 Å². The maximum Gasteiger partial charge on any atom is 0.326 e. The summed E-state index contributed by atoms with van der Waals surface area (Å²) < 4.78 is 32.0. The van der Waals surface area contributed by atoms with Crippen molar-refractivity contribution in [3.05, 3.63) is 29.8 Å². The van der Waals surface area contributed by atoms with Crippen molar-refractivity contribution < 1.29 is 27.9 Å². The van der Waals surface area contributed by atoms with Crippen molar-refractivity contribution in [2.24, 2.45) is 0 Å². The average molecular weight is 354 g/mol. The zero-order valence-corrected chi connectivity index (χ0v) is 13.9. The van der Waals surface area contributed by atoms with Gasteiger partial charge < -0.3 is 15.0 Å². The summed E-state index contributed by atoms with van der Waals surface area (Å²) in [7, 11) is 0. The van der Waals surface area contributed by atoms with Gasteiger partial charge in [0, 0.05) is 13.0 Å². The molecule has 2 rings (SSSR count). The predicted molar refractivity (Wildman–Crippen MR) is 85.6 cm³/mol. The molecule has 0 aromatic heterocycles. The van der Waals surface area contributed by atoms with Crippen LogP contribution in [-0.4, -0.2) is 41.9 Å². The Morgan fingerprint density at radius 3 is 2.60 bits per heavy atom. The maximum atomic E-state index is 13.5. The van der Waals surface area contributed by atoms with Crippen LogP contribution in [0.1, 0.15) is 32.6 Å². The molecule has 2 amide bonds. The van der Waals surface area contributed by atoms with Crippen molar-refractivity contribution in [3.8, 4) is 0 Å². The number of amides is 2. The second-order valence-corrected chi connectivity index (χ2v) is 5.84. The van der Waals surface area contributed by atoms with Crippen LogP contribution in [0.5, 0.6) is 0 Å². The van der Waals surface area contributed by atoms with Crippen molar-refractivity contribution in [1.29, 1.82) is 0 Å². The molecular formula is C17H20F2N2O4. The summed E-state index contributed by atoms with van der Waals surface area (Å²) in [5.74, 6) is -3.59. The Morgan fingerprint density at radius 1 is 1.24 bits per heavy atom. The summed E-state index contributed by atoms with van der Waals surface area (Å²) in [5, 5.41) is 2.06. The zero-order chi connectivity index (χ0) is 18.4. The number of rotatable bonds is 5. The Hall–Kier alpha value is -2.51. The molecule has 0 bridgehead atoms. The van der Waals surface area contributed by atoms with E-state index in [0.29, 0.717) is 13.0 Å². The quantitative estimate of drug-likeness (QED) is 0.823. The molecule has 8 heteroatoms. The van der Waals surface area contributed by atoms with Crippen LogP contribution in [0, 0.1) is 11.6 Å². The Kier molecular flexibility index (Phi) is 6.44. The summed E-state index contributed by atoms with van der Waals surface area (Å²) in [5.41, 5.74) is -0.599. The third kappa shape index (κ3) is 5.23. The zero-order valence-electron chi connectivity index (χ0n) is 13.9. The first kappa shape index (κ1) is 18.8. The minimum absolute atomic E-state index is 0.125. The molecule has 1 aromatic rings. The number of anilines is 1. The lowest BCUT2D eigenvalue weighted by Gasteiger charge is -2.21. The fourth-order valence-corrected chi connectivity index (χ4v) is 2.49. The van der Waals surface area contributed by atoms with Gasteiger partial charge >= 0.3 is 5.97 Å². The van der Waals surface area contributed by atoms with Crippen molar-refractivity contribution in [3.63, 3.8) is 0 Å². The van der Waals surface area contributed by atoms with Crippen molar-refractivity contribution in [1.82, 2.24) is 4.90 Å². The summed E-state index contributed by atoms with van der Waals surface area (Å²) in [4.78, 5) is 37.1. The molecule has 1 aliphatic heterocycles. The van der Waals surface area contributed by atoms with Gasteiger partial charge in [-0.05, 0) is 31.9 Å². The van der Waals surface area contributed by atoms with Crippen LogP contribution in [-0.2, 0) is 19.1 Å². The molecule has 6 nitrogen and oxygen atoms in total. The van der Waals surface area contributed by atoms with Gasteiger partial charge in [-0.3, -0.25) is 14.4 Å². The number of ether oxygens (including phenoxy) is 1.